The van der Waals surface area contributed by atoms with E-state index in [9.17, 15) is 44.2 Å². The van der Waals surface area contributed by atoms with E-state index in [1.807, 2.05) is 0 Å². The molecule has 272 valence electrons. The fourth-order valence-electron chi connectivity index (χ4n) is 3.93. The molecule has 3 N–H and O–H groups in total. The number of nitro groups is 2. The molecule has 0 bridgehead atoms. The molecule has 2 aromatic carbocycles. The van der Waals surface area contributed by atoms with E-state index in [4.69, 9.17) is 14.2 Å². The first kappa shape index (κ1) is 40.9. The number of benzene rings is 2. The zero-order chi connectivity index (χ0) is 37.2. The Morgan fingerprint density at radius 1 is 0.860 bits per heavy atom. The van der Waals surface area contributed by atoms with Gasteiger partial charge in [-0.3, -0.25) is 34.6 Å². The summed E-state index contributed by atoms with van der Waals surface area (Å²) < 4.78 is 15.7. The maximum Gasteiger partial charge on any atom is 0.408 e. The molecule has 0 radical (unpaired) electrons. The Balaban J connectivity index is 2.18. The summed E-state index contributed by atoms with van der Waals surface area (Å²) in [5.41, 5.74) is -0.391. The van der Waals surface area contributed by atoms with E-state index in [0.717, 1.165) is 30.0 Å². The van der Waals surface area contributed by atoms with Crippen molar-refractivity contribution >= 4 is 53.0 Å². The molecule has 3 amide bonds. The van der Waals surface area contributed by atoms with Crippen LogP contribution in [0, 0.1) is 20.2 Å². The van der Waals surface area contributed by atoms with Crippen LogP contribution in [-0.4, -0.2) is 76.3 Å². The largest absolute Gasteiger partial charge is 0.461 e. The van der Waals surface area contributed by atoms with Gasteiger partial charge in [0.2, 0.25) is 11.8 Å². The van der Waals surface area contributed by atoms with Crippen molar-refractivity contribution < 1.29 is 48.0 Å². The standard InChI is InChI=1S/C32H41N5O12S/c1-5-20(3)48-29(39)17-33-30(40)25(19-50-27-14-12-23(36(43)44)16-26(27)37(45)46)34-28(38)15-13-24(31(41)49-21(4)6-2)35-32(42)47-18-22-10-8-7-9-11-22/h7-12,14,16,20-21,24-25H,5-6,13,15,17-19H2,1-4H3,(H,33,40)(H,34,38)(H,35,42)/t20?,21?,24-,25-/m0/s1. The quantitative estimate of drug-likeness (QED) is 0.0579. The molecular weight excluding hydrogens is 678 g/mol. The highest BCUT2D eigenvalue weighted by Gasteiger charge is 2.28. The molecule has 0 aliphatic heterocycles. The number of nitrogens with zero attached hydrogens (tertiary/aromatic N) is 2. The molecule has 18 heteroatoms. The summed E-state index contributed by atoms with van der Waals surface area (Å²) in [6.45, 7) is 6.31. The van der Waals surface area contributed by atoms with E-state index in [1.54, 1.807) is 58.0 Å². The second-order valence-corrected chi connectivity index (χ2v) is 12.0. The van der Waals surface area contributed by atoms with E-state index in [0.29, 0.717) is 18.4 Å². The SMILES string of the molecule is CCC(C)OC(=O)CNC(=O)[C@H](CSc1ccc([N+](=O)[O-])cc1[N+](=O)[O-])NC(=O)CC[C@H](NC(=O)OCc1ccccc1)C(=O)OC(C)CC. The number of thioether (sulfide) groups is 1. The van der Waals surface area contributed by atoms with Gasteiger partial charge in [0, 0.05) is 18.2 Å². The van der Waals surface area contributed by atoms with Crippen LogP contribution < -0.4 is 16.0 Å². The molecule has 0 heterocycles. The average molecular weight is 720 g/mol. The first-order valence-corrected chi connectivity index (χ1v) is 16.7. The number of rotatable bonds is 20. The van der Waals surface area contributed by atoms with Crippen molar-refractivity contribution in [2.45, 2.75) is 89.2 Å². The van der Waals surface area contributed by atoms with Crippen LogP contribution in [0.5, 0.6) is 0 Å². The molecule has 0 spiro atoms. The normalized spacial score (nSPS) is 13.0. The maximum absolute atomic E-state index is 13.1. The Morgan fingerprint density at radius 2 is 1.52 bits per heavy atom. The minimum atomic E-state index is -1.37. The smallest absolute Gasteiger partial charge is 0.408 e. The average Bonchev–Trinajstić information content (AvgIpc) is 3.09. The van der Waals surface area contributed by atoms with Crippen LogP contribution in [0.25, 0.3) is 0 Å². The number of ether oxygens (including phenoxy) is 3. The van der Waals surface area contributed by atoms with Crippen LogP contribution in [-0.2, 0) is 40.0 Å². The van der Waals surface area contributed by atoms with Crippen molar-refractivity contribution in [1.82, 2.24) is 16.0 Å². The van der Waals surface area contributed by atoms with E-state index in [1.165, 1.54) is 0 Å². The molecule has 0 fully saturated rings. The van der Waals surface area contributed by atoms with Gasteiger partial charge in [-0.25, -0.2) is 9.59 Å². The second kappa shape index (κ2) is 21.0. The van der Waals surface area contributed by atoms with Gasteiger partial charge in [-0.2, -0.15) is 0 Å². The number of non-ortho nitro benzene ring substituents is 1. The van der Waals surface area contributed by atoms with Crippen molar-refractivity contribution in [3.05, 3.63) is 74.3 Å². The van der Waals surface area contributed by atoms with E-state index < -0.39 is 81.9 Å². The Labute approximate surface area is 292 Å². The summed E-state index contributed by atoms with van der Waals surface area (Å²) in [7, 11) is 0. The number of carbonyl (C=O) groups excluding carboxylic acids is 5. The molecule has 0 aliphatic rings. The summed E-state index contributed by atoms with van der Waals surface area (Å²) >= 11 is 0.770. The number of hydrogen-bond acceptors (Lipinski definition) is 13. The van der Waals surface area contributed by atoms with Crippen molar-refractivity contribution in [2.24, 2.45) is 0 Å². The number of carbonyl (C=O) groups is 5. The van der Waals surface area contributed by atoms with Gasteiger partial charge >= 0.3 is 18.0 Å². The minimum Gasteiger partial charge on any atom is -0.461 e. The first-order valence-electron chi connectivity index (χ1n) is 15.7. The van der Waals surface area contributed by atoms with Crippen molar-refractivity contribution in [2.75, 3.05) is 12.3 Å². The van der Waals surface area contributed by atoms with Gasteiger partial charge in [0.05, 0.1) is 33.0 Å². The lowest BCUT2D eigenvalue weighted by Crippen LogP contribution is -2.50. The molecule has 2 rings (SSSR count). The molecule has 2 unspecified atom stereocenters. The monoisotopic (exact) mass is 719 g/mol. The lowest BCUT2D eigenvalue weighted by molar-refractivity contribution is -0.396. The van der Waals surface area contributed by atoms with Gasteiger partial charge in [0.1, 0.15) is 25.2 Å². The predicted octanol–water partition coefficient (Wildman–Crippen LogP) is 3.95. The molecule has 4 atom stereocenters. The van der Waals surface area contributed by atoms with Gasteiger partial charge in [0.15, 0.2) is 0 Å². The maximum atomic E-state index is 13.1. The van der Waals surface area contributed by atoms with Gasteiger partial charge in [-0.15, -0.1) is 11.8 Å². The zero-order valence-corrected chi connectivity index (χ0v) is 28.9. The van der Waals surface area contributed by atoms with E-state index >= 15 is 0 Å². The number of nitro benzene ring substituents is 2. The fourth-order valence-corrected chi connectivity index (χ4v) is 4.96. The molecule has 50 heavy (non-hydrogen) atoms. The lowest BCUT2D eigenvalue weighted by atomic mass is 10.1. The minimum absolute atomic E-state index is 0.0186. The highest BCUT2D eigenvalue weighted by molar-refractivity contribution is 7.99. The number of amides is 3. The third-order valence-corrected chi connectivity index (χ3v) is 8.22. The first-order chi connectivity index (χ1) is 23.7. The Kier molecular flexibility index (Phi) is 17.2. The Morgan fingerprint density at radius 3 is 2.14 bits per heavy atom. The molecular formula is C32H41N5O12S. The summed E-state index contributed by atoms with van der Waals surface area (Å²) in [5.74, 6) is -3.40. The fraction of sp³-hybridized carbons (Fsp3) is 0.469. The van der Waals surface area contributed by atoms with Crippen LogP contribution in [0.4, 0.5) is 16.2 Å². The number of alkyl carbamates (subject to hydrolysis) is 1. The van der Waals surface area contributed by atoms with Crippen molar-refractivity contribution in [3.63, 3.8) is 0 Å². The van der Waals surface area contributed by atoms with Crippen LogP contribution in [0.1, 0.15) is 58.9 Å². The van der Waals surface area contributed by atoms with E-state index in [2.05, 4.69) is 16.0 Å². The third kappa shape index (κ3) is 14.5. The highest BCUT2D eigenvalue weighted by Crippen LogP contribution is 2.33. The highest BCUT2D eigenvalue weighted by atomic mass is 32.2. The molecule has 17 nitrogen and oxygen atoms in total. The molecule has 2 aromatic rings. The van der Waals surface area contributed by atoms with Gasteiger partial charge < -0.3 is 30.2 Å². The van der Waals surface area contributed by atoms with E-state index in [-0.39, 0.29) is 30.1 Å². The summed E-state index contributed by atoms with van der Waals surface area (Å²) in [4.78, 5) is 85.0. The van der Waals surface area contributed by atoms with Gasteiger partial charge in [-0.1, -0.05) is 44.2 Å². The molecule has 0 aromatic heterocycles. The molecule has 0 saturated heterocycles. The summed E-state index contributed by atoms with van der Waals surface area (Å²) in [5, 5.41) is 30.0. The van der Waals surface area contributed by atoms with Crippen molar-refractivity contribution in [3.8, 4) is 0 Å². The van der Waals surface area contributed by atoms with Crippen LogP contribution >= 0.6 is 11.8 Å². The Bertz CT molecular complexity index is 1510. The lowest BCUT2D eigenvalue weighted by Gasteiger charge is -2.21. The van der Waals surface area contributed by atoms with Crippen LogP contribution in [0.2, 0.25) is 0 Å². The summed E-state index contributed by atoms with van der Waals surface area (Å²) in [6.07, 6.45) is -1.43. The molecule has 0 saturated carbocycles. The Hall–Kier alpha value is -5.26. The van der Waals surface area contributed by atoms with Gasteiger partial charge in [-0.05, 0) is 44.7 Å². The predicted molar refractivity (Wildman–Crippen MR) is 180 cm³/mol. The van der Waals surface area contributed by atoms with Crippen LogP contribution in [0.15, 0.2) is 53.4 Å². The number of hydrogen-bond donors (Lipinski definition) is 3. The third-order valence-electron chi connectivity index (χ3n) is 7.06. The topological polar surface area (TPSA) is 235 Å². The second-order valence-electron chi connectivity index (χ2n) is 11.0. The number of nitrogens with one attached hydrogen (secondary N) is 3. The van der Waals surface area contributed by atoms with Gasteiger partial charge in [0.25, 0.3) is 11.4 Å². The van der Waals surface area contributed by atoms with Crippen LogP contribution in [0.3, 0.4) is 0 Å². The summed E-state index contributed by atoms with van der Waals surface area (Å²) in [6, 6.07) is 9.13. The zero-order valence-electron chi connectivity index (χ0n) is 28.1. The van der Waals surface area contributed by atoms with Crippen molar-refractivity contribution in [1.29, 1.82) is 0 Å². The number of esters is 2. The molecule has 0 aliphatic carbocycles.